The van der Waals surface area contributed by atoms with E-state index in [0.717, 1.165) is 23.3 Å². The number of rotatable bonds is 10. The van der Waals surface area contributed by atoms with Crippen LogP contribution >= 0.6 is 0 Å². The van der Waals surface area contributed by atoms with Gasteiger partial charge >= 0.3 is 0 Å². The molecule has 0 fully saturated rings. The maximum absolute atomic E-state index is 12.0. The Kier molecular flexibility index (Phi) is 8.26. The second-order valence-corrected chi connectivity index (χ2v) is 7.29. The summed E-state index contributed by atoms with van der Waals surface area (Å²) in [6.45, 7) is 5.15. The molecule has 0 heterocycles. The lowest BCUT2D eigenvalue weighted by atomic mass is 10.1. The molecule has 1 N–H and O–H groups in total. The molecule has 0 unspecified atom stereocenters. The molecule has 0 saturated heterocycles. The van der Waals surface area contributed by atoms with E-state index < -0.39 is 0 Å². The standard InChI is InChI=1S/C26H28N2O4/c1-19-10-11-20(2)24(16-19)32-15-7-14-31-23-13-12-21(17-25(23)30-3)18-27-28-26(29)22-8-5-4-6-9-22/h4-6,8-13,16-18H,7,14-15H2,1-3H3,(H,28,29)/b27-18-. The predicted octanol–water partition coefficient (Wildman–Crippen LogP) is 4.92. The summed E-state index contributed by atoms with van der Waals surface area (Å²) < 4.78 is 17.2. The van der Waals surface area contributed by atoms with E-state index >= 15 is 0 Å². The van der Waals surface area contributed by atoms with Crippen molar-refractivity contribution in [2.45, 2.75) is 20.3 Å². The van der Waals surface area contributed by atoms with Gasteiger partial charge in [0.1, 0.15) is 5.75 Å². The molecule has 0 bridgehead atoms. The first-order valence-corrected chi connectivity index (χ1v) is 10.5. The number of aryl methyl sites for hydroxylation is 2. The van der Waals surface area contributed by atoms with Crippen LogP contribution in [0.25, 0.3) is 0 Å². The Morgan fingerprint density at radius 2 is 1.66 bits per heavy atom. The van der Waals surface area contributed by atoms with E-state index in [1.165, 1.54) is 5.56 Å². The molecule has 0 aliphatic heterocycles. The van der Waals surface area contributed by atoms with Crippen LogP contribution < -0.4 is 19.6 Å². The van der Waals surface area contributed by atoms with Crippen molar-refractivity contribution < 1.29 is 19.0 Å². The molecule has 0 aromatic heterocycles. The summed E-state index contributed by atoms with van der Waals surface area (Å²) in [5, 5.41) is 4.01. The first-order chi connectivity index (χ1) is 15.6. The molecule has 0 aliphatic carbocycles. The van der Waals surface area contributed by atoms with Gasteiger partial charge in [0.2, 0.25) is 0 Å². The van der Waals surface area contributed by atoms with Gasteiger partial charge in [-0.2, -0.15) is 5.10 Å². The zero-order chi connectivity index (χ0) is 22.8. The lowest BCUT2D eigenvalue weighted by Crippen LogP contribution is -2.17. The summed E-state index contributed by atoms with van der Waals surface area (Å²) in [6, 6.07) is 20.6. The van der Waals surface area contributed by atoms with Crippen molar-refractivity contribution in [1.82, 2.24) is 5.43 Å². The molecule has 32 heavy (non-hydrogen) atoms. The summed E-state index contributed by atoms with van der Waals surface area (Å²) in [7, 11) is 1.59. The Bertz CT molecular complexity index is 1060. The first-order valence-electron chi connectivity index (χ1n) is 10.5. The summed E-state index contributed by atoms with van der Waals surface area (Å²) in [6.07, 6.45) is 2.30. The number of benzene rings is 3. The average Bonchev–Trinajstić information content (AvgIpc) is 2.82. The minimum absolute atomic E-state index is 0.267. The number of hydrazone groups is 1. The van der Waals surface area contributed by atoms with E-state index in [1.54, 1.807) is 43.7 Å². The van der Waals surface area contributed by atoms with Gasteiger partial charge in [-0.05, 0) is 66.9 Å². The average molecular weight is 433 g/mol. The van der Waals surface area contributed by atoms with Crippen molar-refractivity contribution in [2.24, 2.45) is 5.10 Å². The minimum atomic E-state index is -0.267. The van der Waals surface area contributed by atoms with Crippen LogP contribution in [0.5, 0.6) is 17.2 Å². The van der Waals surface area contributed by atoms with E-state index in [-0.39, 0.29) is 5.91 Å². The zero-order valence-electron chi connectivity index (χ0n) is 18.6. The van der Waals surface area contributed by atoms with Crippen LogP contribution in [0.15, 0.2) is 71.8 Å². The smallest absolute Gasteiger partial charge is 0.271 e. The van der Waals surface area contributed by atoms with E-state index in [0.29, 0.717) is 30.3 Å². The van der Waals surface area contributed by atoms with Crippen LogP contribution in [0, 0.1) is 13.8 Å². The molecule has 166 valence electrons. The molecule has 3 aromatic carbocycles. The molecular weight excluding hydrogens is 404 g/mol. The number of ether oxygens (including phenoxy) is 3. The summed E-state index contributed by atoms with van der Waals surface area (Å²) >= 11 is 0. The van der Waals surface area contributed by atoms with Crippen LogP contribution in [-0.2, 0) is 0 Å². The molecule has 0 atom stereocenters. The molecule has 3 aromatic rings. The van der Waals surface area contributed by atoms with Crippen molar-refractivity contribution in [3.8, 4) is 17.2 Å². The maximum Gasteiger partial charge on any atom is 0.271 e. The first kappa shape index (κ1) is 22.9. The van der Waals surface area contributed by atoms with Crippen LogP contribution in [0.3, 0.4) is 0 Å². The second-order valence-electron chi connectivity index (χ2n) is 7.29. The number of hydrogen-bond acceptors (Lipinski definition) is 5. The Labute approximate surface area is 188 Å². The Hall–Kier alpha value is -3.80. The van der Waals surface area contributed by atoms with Crippen LogP contribution in [0.4, 0.5) is 0 Å². The van der Waals surface area contributed by atoms with Crippen molar-refractivity contribution in [1.29, 1.82) is 0 Å². The van der Waals surface area contributed by atoms with Crippen LogP contribution in [0.2, 0.25) is 0 Å². The predicted molar refractivity (Wildman–Crippen MR) is 126 cm³/mol. The topological polar surface area (TPSA) is 69.2 Å². The molecular formula is C26H28N2O4. The van der Waals surface area contributed by atoms with Gasteiger partial charge in [0.05, 0.1) is 26.5 Å². The van der Waals surface area contributed by atoms with Crippen LogP contribution in [-0.4, -0.2) is 32.4 Å². The highest BCUT2D eigenvalue weighted by atomic mass is 16.5. The number of hydrogen-bond donors (Lipinski definition) is 1. The molecule has 3 rings (SSSR count). The third-order valence-corrected chi connectivity index (χ3v) is 4.75. The number of amides is 1. The normalized spacial score (nSPS) is 10.7. The van der Waals surface area contributed by atoms with E-state index in [9.17, 15) is 4.79 Å². The van der Waals surface area contributed by atoms with Crippen molar-refractivity contribution in [2.75, 3.05) is 20.3 Å². The Morgan fingerprint density at radius 1 is 0.906 bits per heavy atom. The van der Waals surface area contributed by atoms with Crippen molar-refractivity contribution in [3.63, 3.8) is 0 Å². The van der Waals surface area contributed by atoms with Gasteiger partial charge in [-0.25, -0.2) is 5.43 Å². The van der Waals surface area contributed by atoms with E-state index in [4.69, 9.17) is 14.2 Å². The zero-order valence-corrected chi connectivity index (χ0v) is 18.6. The number of methoxy groups -OCH3 is 1. The molecule has 0 saturated carbocycles. The third kappa shape index (κ3) is 6.60. The summed E-state index contributed by atoms with van der Waals surface area (Å²) in [4.78, 5) is 12.0. The molecule has 6 heteroatoms. The highest BCUT2D eigenvalue weighted by Crippen LogP contribution is 2.27. The summed E-state index contributed by atoms with van der Waals surface area (Å²) in [5.74, 6) is 1.88. The number of carbonyl (C=O) groups excluding carboxylic acids is 1. The van der Waals surface area contributed by atoms with E-state index in [1.807, 2.05) is 38.1 Å². The van der Waals surface area contributed by atoms with Crippen molar-refractivity contribution in [3.05, 3.63) is 89.0 Å². The Morgan fingerprint density at radius 3 is 2.41 bits per heavy atom. The van der Waals surface area contributed by atoms with Crippen LogP contribution in [0.1, 0.15) is 33.5 Å². The van der Waals surface area contributed by atoms with Gasteiger partial charge in [0.15, 0.2) is 11.5 Å². The quantitative estimate of drug-likeness (QED) is 0.280. The fourth-order valence-electron chi connectivity index (χ4n) is 2.99. The number of carbonyl (C=O) groups is 1. The molecule has 0 radical (unpaired) electrons. The fraction of sp³-hybridized carbons (Fsp3) is 0.231. The maximum atomic E-state index is 12.0. The highest BCUT2D eigenvalue weighted by Gasteiger charge is 2.06. The minimum Gasteiger partial charge on any atom is -0.493 e. The summed E-state index contributed by atoms with van der Waals surface area (Å²) in [5.41, 5.74) is 6.14. The monoisotopic (exact) mass is 432 g/mol. The molecule has 0 spiro atoms. The SMILES string of the molecule is COc1cc(/C=N\NC(=O)c2ccccc2)ccc1OCCCOc1cc(C)ccc1C. The second kappa shape index (κ2) is 11.6. The highest BCUT2D eigenvalue weighted by molar-refractivity contribution is 5.94. The van der Waals surface area contributed by atoms with Gasteiger partial charge in [-0.15, -0.1) is 0 Å². The molecule has 6 nitrogen and oxygen atoms in total. The van der Waals surface area contributed by atoms with Gasteiger partial charge in [0, 0.05) is 12.0 Å². The number of nitrogens with zero attached hydrogens (tertiary/aromatic N) is 1. The van der Waals surface area contributed by atoms with E-state index in [2.05, 4.69) is 22.7 Å². The third-order valence-electron chi connectivity index (χ3n) is 4.75. The lowest BCUT2D eigenvalue weighted by Gasteiger charge is -2.12. The molecule has 1 amide bonds. The van der Waals surface area contributed by atoms with Gasteiger partial charge in [-0.3, -0.25) is 4.79 Å². The van der Waals surface area contributed by atoms with Gasteiger partial charge in [0.25, 0.3) is 5.91 Å². The molecule has 0 aliphatic rings. The largest absolute Gasteiger partial charge is 0.493 e. The number of nitrogens with one attached hydrogen (secondary N) is 1. The van der Waals surface area contributed by atoms with Gasteiger partial charge in [-0.1, -0.05) is 30.3 Å². The van der Waals surface area contributed by atoms with Crippen molar-refractivity contribution >= 4 is 12.1 Å². The fourth-order valence-corrected chi connectivity index (χ4v) is 2.99. The lowest BCUT2D eigenvalue weighted by molar-refractivity contribution is 0.0955. The Balaban J connectivity index is 1.48. The van der Waals surface area contributed by atoms with Gasteiger partial charge < -0.3 is 14.2 Å².